The summed E-state index contributed by atoms with van der Waals surface area (Å²) in [6.45, 7) is 2.96. The SMILES string of the molecule is Cc1nn(C)c2c1nc(N)n2CC1CCC1. The third-order valence-corrected chi connectivity index (χ3v) is 3.59. The van der Waals surface area contributed by atoms with Crippen LogP contribution in [0.4, 0.5) is 5.95 Å². The first-order valence-corrected chi connectivity index (χ1v) is 5.82. The molecular weight excluding hydrogens is 202 g/mol. The molecule has 86 valence electrons. The summed E-state index contributed by atoms with van der Waals surface area (Å²) in [5.41, 5.74) is 8.93. The number of nitrogen functional groups attached to an aromatic ring is 1. The monoisotopic (exact) mass is 219 g/mol. The van der Waals surface area contributed by atoms with Crippen molar-refractivity contribution in [2.75, 3.05) is 5.73 Å². The van der Waals surface area contributed by atoms with Crippen LogP contribution in [0.5, 0.6) is 0 Å². The number of hydrogen-bond donors (Lipinski definition) is 1. The van der Waals surface area contributed by atoms with Gasteiger partial charge in [-0.1, -0.05) is 6.42 Å². The number of rotatable bonds is 2. The van der Waals surface area contributed by atoms with Crippen molar-refractivity contribution in [2.45, 2.75) is 32.7 Å². The fraction of sp³-hybridized carbons (Fsp3) is 0.636. The van der Waals surface area contributed by atoms with Crippen LogP contribution in [0, 0.1) is 12.8 Å². The number of aryl methyl sites for hydroxylation is 2. The first kappa shape index (κ1) is 9.69. The molecule has 1 aliphatic carbocycles. The van der Waals surface area contributed by atoms with Gasteiger partial charge in [-0.15, -0.1) is 0 Å². The highest BCUT2D eigenvalue weighted by molar-refractivity contribution is 5.77. The highest BCUT2D eigenvalue weighted by Crippen LogP contribution is 2.30. The zero-order valence-electron chi connectivity index (χ0n) is 9.77. The highest BCUT2D eigenvalue weighted by Gasteiger charge is 2.22. The van der Waals surface area contributed by atoms with Gasteiger partial charge in [-0.05, 0) is 25.7 Å². The smallest absolute Gasteiger partial charge is 0.202 e. The van der Waals surface area contributed by atoms with Gasteiger partial charge in [0.05, 0.1) is 5.69 Å². The maximum absolute atomic E-state index is 5.97. The lowest BCUT2D eigenvalue weighted by Crippen LogP contribution is -2.20. The molecule has 0 amide bonds. The van der Waals surface area contributed by atoms with Gasteiger partial charge in [0.2, 0.25) is 5.95 Å². The van der Waals surface area contributed by atoms with E-state index in [9.17, 15) is 0 Å². The first-order valence-electron chi connectivity index (χ1n) is 5.82. The van der Waals surface area contributed by atoms with Crippen molar-refractivity contribution in [1.82, 2.24) is 19.3 Å². The molecule has 0 saturated heterocycles. The molecule has 16 heavy (non-hydrogen) atoms. The van der Waals surface area contributed by atoms with Crippen LogP contribution < -0.4 is 5.73 Å². The highest BCUT2D eigenvalue weighted by atomic mass is 15.3. The third kappa shape index (κ3) is 1.24. The average Bonchev–Trinajstić information content (AvgIpc) is 2.61. The largest absolute Gasteiger partial charge is 0.369 e. The fourth-order valence-corrected chi connectivity index (χ4v) is 2.47. The summed E-state index contributed by atoms with van der Waals surface area (Å²) in [7, 11) is 1.95. The Kier molecular flexibility index (Phi) is 1.96. The van der Waals surface area contributed by atoms with Gasteiger partial charge in [0.25, 0.3) is 0 Å². The van der Waals surface area contributed by atoms with E-state index in [1.165, 1.54) is 19.3 Å². The van der Waals surface area contributed by atoms with Crippen molar-refractivity contribution in [3.8, 4) is 0 Å². The lowest BCUT2D eigenvalue weighted by molar-refractivity contribution is 0.279. The standard InChI is InChI=1S/C11H17N5/c1-7-9-10(15(2)14-7)16(11(12)13-9)6-8-4-3-5-8/h8H,3-6H2,1-2H3,(H2,12,13). The topological polar surface area (TPSA) is 61.7 Å². The lowest BCUT2D eigenvalue weighted by Gasteiger charge is -2.26. The minimum atomic E-state index is 0.623. The van der Waals surface area contributed by atoms with Gasteiger partial charge in [0.15, 0.2) is 5.65 Å². The van der Waals surface area contributed by atoms with Crippen LogP contribution in [-0.4, -0.2) is 19.3 Å². The predicted molar refractivity (Wildman–Crippen MR) is 63.0 cm³/mol. The molecule has 2 aromatic heterocycles. The van der Waals surface area contributed by atoms with Crippen LogP contribution in [-0.2, 0) is 13.6 Å². The molecular formula is C11H17N5. The molecule has 0 aliphatic heterocycles. The maximum Gasteiger partial charge on any atom is 0.202 e. The second-order valence-corrected chi connectivity index (χ2v) is 4.76. The van der Waals surface area contributed by atoms with Crippen LogP contribution in [0.15, 0.2) is 0 Å². The zero-order chi connectivity index (χ0) is 11.3. The van der Waals surface area contributed by atoms with Crippen LogP contribution >= 0.6 is 0 Å². The van der Waals surface area contributed by atoms with E-state index in [2.05, 4.69) is 14.6 Å². The van der Waals surface area contributed by atoms with E-state index in [-0.39, 0.29) is 0 Å². The Morgan fingerprint density at radius 1 is 1.44 bits per heavy atom. The Balaban J connectivity index is 2.10. The average molecular weight is 219 g/mol. The Bertz CT molecular complexity index is 532. The van der Waals surface area contributed by atoms with Gasteiger partial charge in [0.1, 0.15) is 5.52 Å². The lowest BCUT2D eigenvalue weighted by atomic mass is 9.85. The molecule has 0 bridgehead atoms. The Labute approximate surface area is 94.2 Å². The molecule has 2 aromatic rings. The number of nitrogens with two attached hydrogens (primary N) is 1. The number of imidazole rings is 1. The van der Waals surface area contributed by atoms with E-state index in [0.29, 0.717) is 5.95 Å². The van der Waals surface area contributed by atoms with E-state index >= 15 is 0 Å². The molecule has 1 saturated carbocycles. The molecule has 0 radical (unpaired) electrons. The minimum Gasteiger partial charge on any atom is -0.369 e. The minimum absolute atomic E-state index is 0.623. The number of aromatic nitrogens is 4. The van der Waals surface area contributed by atoms with Crippen molar-refractivity contribution in [3.05, 3.63) is 5.69 Å². The van der Waals surface area contributed by atoms with Gasteiger partial charge in [-0.3, -0.25) is 9.25 Å². The summed E-state index contributed by atoms with van der Waals surface area (Å²) < 4.78 is 3.99. The van der Waals surface area contributed by atoms with Crippen LogP contribution in [0.3, 0.4) is 0 Å². The second kappa shape index (κ2) is 3.23. The number of nitrogens with zero attached hydrogens (tertiary/aromatic N) is 4. The molecule has 2 heterocycles. The van der Waals surface area contributed by atoms with Crippen LogP contribution in [0.25, 0.3) is 11.2 Å². The van der Waals surface area contributed by atoms with E-state index in [0.717, 1.165) is 29.3 Å². The van der Waals surface area contributed by atoms with Gasteiger partial charge >= 0.3 is 0 Å². The third-order valence-electron chi connectivity index (χ3n) is 3.59. The van der Waals surface area contributed by atoms with Crippen molar-refractivity contribution >= 4 is 17.1 Å². The van der Waals surface area contributed by atoms with Crippen molar-refractivity contribution in [3.63, 3.8) is 0 Å². The van der Waals surface area contributed by atoms with Crippen LogP contribution in [0.2, 0.25) is 0 Å². The summed E-state index contributed by atoms with van der Waals surface area (Å²) in [5, 5.41) is 4.38. The summed E-state index contributed by atoms with van der Waals surface area (Å²) in [5.74, 6) is 1.40. The van der Waals surface area contributed by atoms with Crippen LogP contribution in [0.1, 0.15) is 25.0 Å². The molecule has 0 unspecified atom stereocenters. The number of anilines is 1. The van der Waals surface area contributed by atoms with E-state index in [1.54, 1.807) is 0 Å². The van der Waals surface area contributed by atoms with Gasteiger partial charge in [-0.2, -0.15) is 5.10 Å². The molecule has 2 N–H and O–H groups in total. The molecule has 0 spiro atoms. The summed E-state index contributed by atoms with van der Waals surface area (Å²) >= 11 is 0. The van der Waals surface area contributed by atoms with Gasteiger partial charge in [0, 0.05) is 13.6 Å². The molecule has 0 aromatic carbocycles. The molecule has 1 aliphatic rings. The van der Waals surface area contributed by atoms with E-state index in [1.807, 2.05) is 18.7 Å². The Hall–Kier alpha value is -1.52. The van der Waals surface area contributed by atoms with E-state index in [4.69, 9.17) is 5.73 Å². The Morgan fingerprint density at radius 2 is 2.19 bits per heavy atom. The molecule has 5 nitrogen and oxygen atoms in total. The Morgan fingerprint density at radius 3 is 2.81 bits per heavy atom. The predicted octanol–water partition coefficient (Wildman–Crippen LogP) is 1.46. The van der Waals surface area contributed by atoms with E-state index < -0.39 is 0 Å². The number of fused-ring (bicyclic) bond motifs is 1. The normalized spacial score (nSPS) is 16.9. The fourth-order valence-electron chi connectivity index (χ4n) is 2.47. The second-order valence-electron chi connectivity index (χ2n) is 4.76. The van der Waals surface area contributed by atoms with Crippen molar-refractivity contribution in [2.24, 2.45) is 13.0 Å². The molecule has 1 fully saturated rings. The van der Waals surface area contributed by atoms with Gasteiger partial charge in [-0.25, -0.2) is 4.98 Å². The summed E-state index contributed by atoms with van der Waals surface area (Å²) in [6.07, 6.45) is 3.98. The molecule has 3 rings (SSSR count). The summed E-state index contributed by atoms with van der Waals surface area (Å²) in [4.78, 5) is 4.40. The molecule has 5 heteroatoms. The first-order chi connectivity index (χ1) is 7.66. The quantitative estimate of drug-likeness (QED) is 0.831. The number of hydrogen-bond acceptors (Lipinski definition) is 3. The molecule has 0 atom stereocenters. The zero-order valence-corrected chi connectivity index (χ0v) is 9.77. The maximum atomic E-state index is 5.97. The van der Waals surface area contributed by atoms with Crippen molar-refractivity contribution in [1.29, 1.82) is 0 Å². The van der Waals surface area contributed by atoms with Crippen molar-refractivity contribution < 1.29 is 0 Å². The summed E-state index contributed by atoms with van der Waals surface area (Å²) in [6, 6.07) is 0. The van der Waals surface area contributed by atoms with Gasteiger partial charge < -0.3 is 5.73 Å².